The largest absolute Gasteiger partial charge is 0.461 e. The molecule has 0 aliphatic heterocycles. The van der Waals surface area contributed by atoms with Gasteiger partial charge in [-0.25, -0.2) is 0 Å². The third kappa shape index (κ3) is 5.09. The van der Waals surface area contributed by atoms with Crippen molar-refractivity contribution in [3.63, 3.8) is 0 Å². The standard InChI is InChI=1S/C46H30O4S2/c47-39(49-25-31-23-29-11-3-5-13-33(29)41-37-19-17-27-9-1-7-15-35(27)45(37)51-43(31)41)21-22-40(48)50-26-32-24-30-12-4-6-14-34(30)42-38-20-18-28-10-2-8-16-36(28)46(38)52-44(32)42/h1-20,23-24H,21-22,25-26H2. The van der Waals surface area contributed by atoms with Crippen LogP contribution in [0.25, 0.3) is 83.4 Å². The molecule has 0 fully saturated rings. The van der Waals surface area contributed by atoms with Crippen LogP contribution in [0.5, 0.6) is 0 Å². The highest BCUT2D eigenvalue weighted by Crippen LogP contribution is 2.45. The second-order valence-corrected chi connectivity index (χ2v) is 15.3. The Bertz CT molecular complexity index is 2870. The zero-order chi connectivity index (χ0) is 34.8. The van der Waals surface area contributed by atoms with Crippen LogP contribution in [0.3, 0.4) is 0 Å². The molecule has 0 amide bonds. The molecular weight excluding hydrogens is 681 g/mol. The molecule has 4 nitrogen and oxygen atoms in total. The minimum Gasteiger partial charge on any atom is -0.461 e. The van der Waals surface area contributed by atoms with E-state index in [2.05, 4.69) is 121 Å². The second-order valence-electron chi connectivity index (χ2n) is 13.3. The minimum atomic E-state index is -0.422. The van der Waals surface area contributed by atoms with Crippen LogP contribution in [-0.4, -0.2) is 11.9 Å². The number of carbonyl (C=O) groups excluding carboxylic acids is 2. The van der Waals surface area contributed by atoms with Crippen molar-refractivity contribution in [3.8, 4) is 0 Å². The van der Waals surface area contributed by atoms with Crippen LogP contribution in [0, 0.1) is 0 Å². The number of carbonyl (C=O) groups is 2. The average molecular weight is 711 g/mol. The zero-order valence-electron chi connectivity index (χ0n) is 28.0. The van der Waals surface area contributed by atoms with Crippen LogP contribution in [-0.2, 0) is 32.3 Å². The summed E-state index contributed by atoms with van der Waals surface area (Å²) in [4.78, 5) is 26.1. The molecule has 2 aromatic heterocycles. The van der Waals surface area contributed by atoms with Crippen LogP contribution in [0.4, 0.5) is 0 Å². The molecule has 0 aliphatic carbocycles. The molecule has 0 unspecified atom stereocenters. The van der Waals surface area contributed by atoms with Gasteiger partial charge in [0.05, 0.1) is 12.8 Å². The maximum atomic E-state index is 13.0. The Hall–Kier alpha value is -5.82. The smallest absolute Gasteiger partial charge is 0.306 e. The summed E-state index contributed by atoms with van der Waals surface area (Å²) in [5.41, 5.74) is 1.93. The van der Waals surface area contributed by atoms with Gasteiger partial charge in [-0.05, 0) is 55.2 Å². The zero-order valence-corrected chi connectivity index (χ0v) is 29.6. The van der Waals surface area contributed by atoms with Gasteiger partial charge in [0.2, 0.25) is 0 Å². The number of rotatable bonds is 7. The second kappa shape index (κ2) is 12.4. The van der Waals surface area contributed by atoms with E-state index in [-0.39, 0.29) is 26.1 Å². The van der Waals surface area contributed by atoms with Gasteiger partial charge in [0.25, 0.3) is 0 Å². The van der Waals surface area contributed by atoms with Gasteiger partial charge in [-0.15, -0.1) is 22.7 Å². The maximum Gasteiger partial charge on any atom is 0.306 e. The number of benzene rings is 8. The van der Waals surface area contributed by atoms with Crippen molar-refractivity contribution in [1.29, 1.82) is 0 Å². The maximum absolute atomic E-state index is 13.0. The number of fused-ring (bicyclic) bond motifs is 14. The summed E-state index contributed by atoms with van der Waals surface area (Å²) in [6, 6.07) is 46.6. The predicted octanol–water partition coefficient (Wildman–Crippen LogP) is 12.6. The lowest BCUT2D eigenvalue weighted by Crippen LogP contribution is -2.10. The van der Waals surface area contributed by atoms with E-state index in [0.717, 1.165) is 31.3 Å². The molecule has 0 saturated heterocycles. The molecule has 0 bridgehead atoms. The van der Waals surface area contributed by atoms with Gasteiger partial charge >= 0.3 is 11.9 Å². The molecule has 52 heavy (non-hydrogen) atoms. The summed E-state index contributed by atoms with van der Waals surface area (Å²) in [5.74, 6) is -0.844. The summed E-state index contributed by atoms with van der Waals surface area (Å²) in [6.45, 7) is 0.269. The van der Waals surface area contributed by atoms with E-state index >= 15 is 0 Å². The van der Waals surface area contributed by atoms with Crippen LogP contribution >= 0.6 is 22.7 Å². The molecule has 2 heterocycles. The fourth-order valence-electron chi connectivity index (χ4n) is 7.72. The van der Waals surface area contributed by atoms with E-state index in [1.807, 2.05) is 12.1 Å². The van der Waals surface area contributed by atoms with Gasteiger partial charge < -0.3 is 9.47 Å². The number of esters is 2. The Morgan fingerprint density at radius 2 is 0.788 bits per heavy atom. The third-order valence-electron chi connectivity index (χ3n) is 10.2. The summed E-state index contributed by atoms with van der Waals surface area (Å²) in [6.07, 6.45) is -0.0940. The van der Waals surface area contributed by atoms with Gasteiger partial charge in [0, 0.05) is 51.5 Å². The van der Waals surface area contributed by atoms with Gasteiger partial charge in [0.1, 0.15) is 13.2 Å². The van der Waals surface area contributed by atoms with E-state index in [1.165, 1.54) is 63.3 Å². The molecular formula is C46H30O4S2. The van der Waals surface area contributed by atoms with Gasteiger partial charge in [-0.1, -0.05) is 121 Å². The molecule has 0 N–H and O–H groups in total. The molecule has 0 spiro atoms. The van der Waals surface area contributed by atoms with Crippen molar-refractivity contribution < 1.29 is 19.1 Å². The van der Waals surface area contributed by atoms with Crippen LogP contribution < -0.4 is 0 Å². The Morgan fingerprint density at radius 3 is 1.23 bits per heavy atom. The lowest BCUT2D eigenvalue weighted by atomic mass is 9.99. The highest BCUT2D eigenvalue weighted by atomic mass is 32.1. The molecule has 0 radical (unpaired) electrons. The summed E-state index contributed by atoms with van der Waals surface area (Å²) < 4.78 is 16.3. The molecule has 6 heteroatoms. The van der Waals surface area contributed by atoms with Gasteiger partial charge in [-0.2, -0.15) is 0 Å². The van der Waals surface area contributed by atoms with Crippen molar-refractivity contribution in [2.24, 2.45) is 0 Å². The quantitative estimate of drug-likeness (QED) is 0.155. The molecule has 250 valence electrons. The van der Waals surface area contributed by atoms with Crippen LogP contribution in [0.2, 0.25) is 0 Å². The molecule has 8 aromatic carbocycles. The van der Waals surface area contributed by atoms with Crippen molar-refractivity contribution in [3.05, 3.63) is 145 Å². The Kier molecular flexibility index (Phi) is 7.41. The number of thiophene rings is 2. The molecule has 10 aromatic rings. The number of ether oxygens (including phenoxy) is 2. The van der Waals surface area contributed by atoms with Crippen LogP contribution in [0.15, 0.2) is 133 Å². The first-order valence-corrected chi connectivity index (χ1v) is 19.0. The summed E-state index contributed by atoms with van der Waals surface area (Å²) in [7, 11) is 0. The van der Waals surface area contributed by atoms with E-state index in [1.54, 1.807) is 22.7 Å². The summed E-state index contributed by atoms with van der Waals surface area (Å²) >= 11 is 3.49. The van der Waals surface area contributed by atoms with Crippen molar-refractivity contribution in [1.82, 2.24) is 0 Å². The van der Waals surface area contributed by atoms with Crippen molar-refractivity contribution >= 4 is 118 Å². The van der Waals surface area contributed by atoms with E-state index < -0.39 is 11.9 Å². The first-order chi connectivity index (χ1) is 25.6. The van der Waals surface area contributed by atoms with E-state index in [9.17, 15) is 9.59 Å². The molecule has 0 atom stereocenters. The monoisotopic (exact) mass is 710 g/mol. The molecule has 10 rings (SSSR count). The molecule has 0 aliphatic rings. The fourth-order valence-corrected chi connectivity index (χ4v) is 10.4. The number of hydrogen-bond acceptors (Lipinski definition) is 6. The average Bonchev–Trinajstić information content (AvgIpc) is 3.79. The van der Waals surface area contributed by atoms with E-state index in [4.69, 9.17) is 9.47 Å². The fraction of sp³-hybridized carbons (Fsp3) is 0.0870. The highest BCUT2D eigenvalue weighted by Gasteiger charge is 2.19. The highest BCUT2D eigenvalue weighted by molar-refractivity contribution is 7.27. The topological polar surface area (TPSA) is 52.6 Å². The first-order valence-electron chi connectivity index (χ1n) is 17.4. The SMILES string of the molecule is O=C(CCC(=O)OCc1cc2ccccc2c2c1sc1c3ccccc3ccc12)OCc1cc2ccccc2c2c1sc1c3ccccc3ccc12. The normalized spacial score (nSPS) is 11.9. The van der Waals surface area contributed by atoms with Gasteiger partial charge in [-0.3, -0.25) is 9.59 Å². The van der Waals surface area contributed by atoms with Crippen molar-refractivity contribution in [2.75, 3.05) is 0 Å². The van der Waals surface area contributed by atoms with Crippen LogP contribution in [0.1, 0.15) is 24.0 Å². The number of hydrogen-bond donors (Lipinski definition) is 0. The lowest BCUT2D eigenvalue weighted by molar-refractivity contribution is -0.151. The lowest BCUT2D eigenvalue weighted by Gasteiger charge is -2.10. The predicted molar refractivity (Wildman–Crippen MR) is 218 cm³/mol. The Morgan fingerprint density at radius 1 is 0.404 bits per heavy atom. The Labute approximate surface area is 306 Å². The first kappa shape index (κ1) is 31.0. The third-order valence-corrected chi connectivity index (χ3v) is 12.8. The molecule has 0 saturated carbocycles. The van der Waals surface area contributed by atoms with Crippen molar-refractivity contribution in [2.45, 2.75) is 26.1 Å². The Balaban J connectivity index is 0.879. The van der Waals surface area contributed by atoms with E-state index in [0.29, 0.717) is 0 Å². The minimum absolute atomic E-state index is 0.0470. The summed E-state index contributed by atoms with van der Waals surface area (Å²) in [5, 5.41) is 14.2. The van der Waals surface area contributed by atoms with Gasteiger partial charge in [0.15, 0.2) is 0 Å².